The Morgan fingerprint density at radius 1 is 1.39 bits per heavy atom. The molecule has 2 rings (SSSR count). The summed E-state index contributed by atoms with van der Waals surface area (Å²) in [5.41, 5.74) is 2.47. The Labute approximate surface area is 138 Å². The second-order valence-electron chi connectivity index (χ2n) is 5.99. The number of aliphatic hydroxyl groups excluding tert-OH is 1. The van der Waals surface area contributed by atoms with E-state index in [1.165, 1.54) is 12.0 Å². The zero-order chi connectivity index (χ0) is 16.5. The fourth-order valence-corrected chi connectivity index (χ4v) is 2.75. The van der Waals surface area contributed by atoms with Crippen LogP contribution < -0.4 is 5.32 Å². The third-order valence-electron chi connectivity index (χ3n) is 4.15. The van der Waals surface area contributed by atoms with Gasteiger partial charge in [0.05, 0.1) is 12.6 Å². The SMILES string of the molecule is CO[C@H](C)CN(CCCCc1ccc2c(n1)NCCC2)OCO. The second-order valence-corrected chi connectivity index (χ2v) is 5.99. The lowest BCUT2D eigenvalue weighted by Gasteiger charge is -2.23. The molecule has 0 fully saturated rings. The van der Waals surface area contributed by atoms with Crippen LogP contribution >= 0.6 is 0 Å². The zero-order valence-corrected chi connectivity index (χ0v) is 14.3. The first-order valence-corrected chi connectivity index (χ1v) is 8.47. The molecule has 0 bridgehead atoms. The predicted octanol–water partition coefficient (Wildman–Crippen LogP) is 1.98. The zero-order valence-electron chi connectivity index (χ0n) is 14.3. The van der Waals surface area contributed by atoms with Crippen LogP contribution in [0.4, 0.5) is 5.82 Å². The van der Waals surface area contributed by atoms with Gasteiger partial charge in [0.15, 0.2) is 6.79 Å². The lowest BCUT2D eigenvalue weighted by molar-refractivity contribution is -0.219. The van der Waals surface area contributed by atoms with Crippen molar-refractivity contribution in [2.24, 2.45) is 0 Å². The highest BCUT2D eigenvalue weighted by Gasteiger charge is 2.12. The lowest BCUT2D eigenvalue weighted by Crippen LogP contribution is -2.33. The minimum Gasteiger partial charge on any atom is -0.380 e. The number of fused-ring (bicyclic) bond motifs is 1. The number of unbranched alkanes of at least 4 members (excludes halogenated alkanes) is 1. The lowest BCUT2D eigenvalue weighted by atomic mass is 10.1. The molecule has 1 atom stereocenters. The Morgan fingerprint density at radius 3 is 3.04 bits per heavy atom. The number of anilines is 1. The molecule has 0 aliphatic carbocycles. The van der Waals surface area contributed by atoms with Gasteiger partial charge in [0.1, 0.15) is 5.82 Å². The molecule has 2 N–H and O–H groups in total. The molecule has 23 heavy (non-hydrogen) atoms. The summed E-state index contributed by atoms with van der Waals surface area (Å²) < 4.78 is 5.24. The number of aliphatic hydroxyl groups is 1. The topological polar surface area (TPSA) is 66.9 Å². The first kappa shape index (κ1) is 18.1. The number of aromatic nitrogens is 1. The highest BCUT2D eigenvalue weighted by Crippen LogP contribution is 2.20. The van der Waals surface area contributed by atoms with Crippen molar-refractivity contribution in [2.75, 3.05) is 38.9 Å². The van der Waals surface area contributed by atoms with E-state index in [1.807, 2.05) is 6.92 Å². The van der Waals surface area contributed by atoms with E-state index >= 15 is 0 Å². The average Bonchev–Trinajstić information content (AvgIpc) is 2.58. The van der Waals surface area contributed by atoms with Crippen molar-refractivity contribution >= 4 is 5.82 Å². The van der Waals surface area contributed by atoms with Crippen LogP contribution in [0.3, 0.4) is 0 Å². The second kappa shape index (κ2) is 9.82. The molecule has 0 saturated carbocycles. The molecule has 6 heteroatoms. The van der Waals surface area contributed by atoms with Crippen molar-refractivity contribution in [2.45, 2.75) is 45.1 Å². The van der Waals surface area contributed by atoms with Gasteiger partial charge in [0, 0.05) is 25.9 Å². The van der Waals surface area contributed by atoms with Gasteiger partial charge in [-0.15, -0.1) is 0 Å². The summed E-state index contributed by atoms with van der Waals surface area (Å²) in [6.07, 6.45) is 5.38. The molecular weight excluding hydrogens is 294 g/mol. The molecule has 0 unspecified atom stereocenters. The molecule has 1 aromatic rings. The predicted molar refractivity (Wildman–Crippen MR) is 90.2 cm³/mol. The molecule has 130 valence electrons. The average molecular weight is 323 g/mol. The summed E-state index contributed by atoms with van der Waals surface area (Å²) in [7, 11) is 1.68. The van der Waals surface area contributed by atoms with Gasteiger partial charge in [-0.1, -0.05) is 6.07 Å². The van der Waals surface area contributed by atoms with Gasteiger partial charge in [0.25, 0.3) is 0 Å². The van der Waals surface area contributed by atoms with Crippen LogP contribution in [0.1, 0.15) is 37.4 Å². The molecule has 1 aliphatic heterocycles. The molecule has 0 radical (unpaired) electrons. The van der Waals surface area contributed by atoms with Gasteiger partial charge >= 0.3 is 0 Å². The fourth-order valence-electron chi connectivity index (χ4n) is 2.75. The molecule has 0 amide bonds. The molecule has 1 aromatic heterocycles. The highest BCUT2D eigenvalue weighted by molar-refractivity contribution is 5.46. The van der Waals surface area contributed by atoms with Crippen molar-refractivity contribution in [1.82, 2.24) is 10.0 Å². The van der Waals surface area contributed by atoms with Crippen LogP contribution in [0.15, 0.2) is 12.1 Å². The van der Waals surface area contributed by atoms with Crippen LogP contribution in [0.25, 0.3) is 0 Å². The number of aryl methyl sites for hydroxylation is 2. The number of hydrogen-bond acceptors (Lipinski definition) is 6. The van der Waals surface area contributed by atoms with Gasteiger partial charge in [-0.05, 0) is 50.7 Å². The molecular formula is C17H29N3O3. The first-order valence-electron chi connectivity index (χ1n) is 8.47. The number of hydroxylamine groups is 2. The normalized spacial score (nSPS) is 15.3. The van der Waals surface area contributed by atoms with Gasteiger partial charge in [-0.2, -0.15) is 5.06 Å². The number of nitrogens with zero attached hydrogens (tertiary/aromatic N) is 2. The monoisotopic (exact) mass is 323 g/mol. The largest absolute Gasteiger partial charge is 0.380 e. The molecule has 6 nitrogen and oxygen atoms in total. The number of pyridine rings is 1. The number of nitrogens with one attached hydrogen (secondary N) is 1. The number of hydrogen-bond donors (Lipinski definition) is 2. The maximum atomic E-state index is 8.95. The quantitative estimate of drug-likeness (QED) is 0.390. The van der Waals surface area contributed by atoms with E-state index in [2.05, 4.69) is 17.4 Å². The molecule has 0 saturated heterocycles. The summed E-state index contributed by atoms with van der Waals surface area (Å²) in [5.74, 6) is 1.06. The molecule has 2 heterocycles. The first-order chi connectivity index (χ1) is 11.2. The van der Waals surface area contributed by atoms with Crippen molar-refractivity contribution < 1.29 is 14.7 Å². The summed E-state index contributed by atoms with van der Waals surface area (Å²) >= 11 is 0. The van der Waals surface area contributed by atoms with Crippen molar-refractivity contribution in [3.05, 3.63) is 23.4 Å². The van der Waals surface area contributed by atoms with Crippen molar-refractivity contribution in [1.29, 1.82) is 0 Å². The van der Waals surface area contributed by atoms with E-state index in [1.54, 1.807) is 12.2 Å². The van der Waals surface area contributed by atoms with Gasteiger partial charge in [-0.3, -0.25) is 4.84 Å². The Bertz CT molecular complexity index is 470. The Balaban J connectivity index is 1.73. The standard InChI is InChI=1S/C17H29N3O3/c1-14(22-2)12-20(23-13-21)11-4-3-7-16-9-8-15-6-5-10-18-17(15)19-16/h8-9,14,21H,3-7,10-13H2,1-2H3,(H,18,19)/t14-/m1/s1. The van der Waals surface area contributed by atoms with Crippen LogP contribution in [0.5, 0.6) is 0 Å². The van der Waals surface area contributed by atoms with Crippen LogP contribution in [-0.4, -0.2) is 54.8 Å². The van der Waals surface area contributed by atoms with E-state index in [0.717, 1.165) is 50.3 Å². The van der Waals surface area contributed by atoms with Crippen molar-refractivity contribution in [3.63, 3.8) is 0 Å². The highest BCUT2D eigenvalue weighted by atomic mass is 16.7. The van der Waals surface area contributed by atoms with Gasteiger partial charge < -0.3 is 15.2 Å². The maximum Gasteiger partial charge on any atom is 0.164 e. The molecule has 0 aromatic carbocycles. The Kier molecular flexibility index (Phi) is 7.74. The van der Waals surface area contributed by atoms with E-state index < -0.39 is 0 Å². The minimum absolute atomic E-state index is 0.0786. The fraction of sp³-hybridized carbons (Fsp3) is 0.706. The smallest absolute Gasteiger partial charge is 0.164 e. The summed E-state index contributed by atoms with van der Waals surface area (Å²) in [5, 5.41) is 14.1. The van der Waals surface area contributed by atoms with Crippen LogP contribution in [-0.2, 0) is 22.4 Å². The maximum absolute atomic E-state index is 8.95. The van der Waals surface area contributed by atoms with Gasteiger partial charge in [-0.25, -0.2) is 4.98 Å². The van der Waals surface area contributed by atoms with E-state index in [4.69, 9.17) is 19.7 Å². The third kappa shape index (κ3) is 6.06. The van der Waals surface area contributed by atoms with Crippen LogP contribution in [0.2, 0.25) is 0 Å². The molecule has 1 aliphatic rings. The number of ether oxygens (including phenoxy) is 1. The van der Waals surface area contributed by atoms with Crippen LogP contribution in [0, 0.1) is 0 Å². The van der Waals surface area contributed by atoms with E-state index in [0.29, 0.717) is 6.54 Å². The van der Waals surface area contributed by atoms with Crippen molar-refractivity contribution in [3.8, 4) is 0 Å². The Hall–Kier alpha value is -1.21. The third-order valence-corrected chi connectivity index (χ3v) is 4.15. The Morgan fingerprint density at radius 2 is 2.26 bits per heavy atom. The van der Waals surface area contributed by atoms with E-state index in [-0.39, 0.29) is 12.9 Å². The minimum atomic E-state index is -0.297. The van der Waals surface area contributed by atoms with Gasteiger partial charge in [0.2, 0.25) is 0 Å². The summed E-state index contributed by atoms with van der Waals surface area (Å²) in [6.45, 7) is 4.14. The number of rotatable bonds is 10. The van der Waals surface area contributed by atoms with E-state index in [9.17, 15) is 0 Å². The molecule has 0 spiro atoms. The summed E-state index contributed by atoms with van der Waals surface area (Å²) in [6, 6.07) is 4.34. The summed E-state index contributed by atoms with van der Waals surface area (Å²) in [4.78, 5) is 9.94. The number of methoxy groups -OCH3 is 1.